The minimum Gasteiger partial charge on any atom is -0.335 e. The molecule has 0 aromatic heterocycles. The Bertz CT molecular complexity index is 552. The third-order valence-electron chi connectivity index (χ3n) is 5.82. The molecule has 124 valence electrons. The number of hydrogen-bond donors (Lipinski definition) is 1. The van der Waals surface area contributed by atoms with E-state index in [1.807, 2.05) is 0 Å². The Labute approximate surface area is 139 Å². The van der Waals surface area contributed by atoms with E-state index in [1.165, 1.54) is 49.7 Å². The number of amides is 1. The van der Waals surface area contributed by atoms with Gasteiger partial charge in [-0.2, -0.15) is 0 Å². The molecule has 0 radical (unpaired) electrons. The van der Waals surface area contributed by atoms with Crippen molar-refractivity contribution in [3.8, 4) is 0 Å². The van der Waals surface area contributed by atoms with E-state index < -0.39 is 0 Å². The van der Waals surface area contributed by atoms with Gasteiger partial charge in [-0.1, -0.05) is 29.8 Å². The maximum Gasteiger partial charge on any atom is 0.223 e. The van der Waals surface area contributed by atoms with Crippen LogP contribution in [0.5, 0.6) is 0 Å². The molecular formula is C20H28N2O. The summed E-state index contributed by atoms with van der Waals surface area (Å²) in [6, 6.07) is 10.5. The highest BCUT2D eigenvalue weighted by Gasteiger charge is 2.37. The highest BCUT2D eigenvalue weighted by molar-refractivity contribution is 5.77. The zero-order valence-electron chi connectivity index (χ0n) is 14.1. The van der Waals surface area contributed by atoms with Crippen molar-refractivity contribution in [2.45, 2.75) is 76.5 Å². The fraction of sp³-hybridized carbons (Fsp3) is 0.650. The van der Waals surface area contributed by atoms with Gasteiger partial charge < -0.3 is 10.2 Å². The van der Waals surface area contributed by atoms with Crippen LogP contribution < -0.4 is 5.32 Å². The van der Waals surface area contributed by atoms with E-state index in [0.29, 0.717) is 30.0 Å². The second kappa shape index (κ2) is 6.27. The van der Waals surface area contributed by atoms with Crippen LogP contribution in [0.15, 0.2) is 24.3 Å². The maximum atomic E-state index is 12.9. The minimum atomic E-state index is 0.388. The second-order valence-electron chi connectivity index (χ2n) is 7.92. The van der Waals surface area contributed by atoms with Crippen molar-refractivity contribution in [1.82, 2.24) is 10.2 Å². The first-order valence-electron chi connectivity index (χ1n) is 9.28. The van der Waals surface area contributed by atoms with Crippen LogP contribution in [0.3, 0.4) is 0 Å². The molecule has 1 N–H and O–H groups in total. The number of rotatable bonds is 5. The van der Waals surface area contributed by atoms with Crippen LogP contribution in [0.25, 0.3) is 0 Å². The molecule has 2 saturated heterocycles. The van der Waals surface area contributed by atoms with Gasteiger partial charge in [-0.15, -0.1) is 0 Å². The average molecular weight is 312 g/mol. The normalized spacial score (nSPS) is 29.5. The van der Waals surface area contributed by atoms with Crippen LogP contribution in [0.1, 0.15) is 56.1 Å². The first-order valence-corrected chi connectivity index (χ1v) is 9.28. The Kier molecular flexibility index (Phi) is 4.14. The minimum absolute atomic E-state index is 0.388. The third kappa shape index (κ3) is 3.60. The summed E-state index contributed by atoms with van der Waals surface area (Å²) in [6.07, 6.45) is 8.16. The number of carbonyl (C=O) groups is 1. The number of carbonyl (C=O) groups excluding carboxylic acids is 1. The first-order chi connectivity index (χ1) is 11.2. The van der Waals surface area contributed by atoms with Gasteiger partial charge >= 0.3 is 0 Å². The van der Waals surface area contributed by atoms with E-state index in [4.69, 9.17) is 0 Å². The number of benzene rings is 1. The molecule has 4 rings (SSSR count). The molecule has 2 bridgehead atoms. The van der Waals surface area contributed by atoms with Crippen LogP contribution >= 0.6 is 0 Å². The van der Waals surface area contributed by atoms with Crippen LogP contribution in [0.4, 0.5) is 0 Å². The average Bonchev–Trinajstić information content (AvgIpc) is 3.31. The lowest BCUT2D eigenvalue weighted by Gasteiger charge is -2.31. The largest absolute Gasteiger partial charge is 0.335 e. The summed E-state index contributed by atoms with van der Waals surface area (Å²) in [5.41, 5.74) is 2.55. The zero-order valence-corrected chi connectivity index (χ0v) is 14.1. The third-order valence-corrected chi connectivity index (χ3v) is 5.82. The van der Waals surface area contributed by atoms with Crippen molar-refractivity contribution in [1.29, 1.82) is 0 Å². The molecule has 3 heteroatoms. The summed E-state index contributed by atoms with van der Waals surface area (Å²) in [4.78, 5) is 15.1. The van der Waals surface area contributed by atoms with Gasteiger partial charge in [0, 0.05) is 31.1 Å². The summed E-state index contributed by atoms with van der Waals surface area (Å²) in [7, 11) is 0. The van der Waals surface area contributed by atoms with Crippen molar-refractivity contribution in [2.75, 3.05) is 0 Å². The van der Waals surface area contributed by atoms with E-state index in [1.54, 1.807) is 0 Å². The molecule has 2 aliphatic heterocycles. The predicted octanol–water partition coefficient (Wildman–Crippen LogP) is 3.41. The molecule has 1 saturated carbocycles. The van der Waals surface area contributed by atoms with Gasteiger partial charge in [-0.05, 0) is 56.9 Å². The van der Waals surface area contributed by atoms with Crippen molar-refractivity contribution in [3.05, 3.63) is 35.4 Å². The van der Waals surface area contributed by atoms with Gasteiger partial charge in [0.25, 0.3) is 0 Å². The van der Waals surface area contributed by atoms with E-state index in [9.17, 15) is 4.79 Å². The number of fused-ring (bicyclic) bond motifs is 2. The predicted molar refractivity (Wildman–Crippen MR) is 92.0 cm³/mol. The van der Waals surface area contributed by atoms with Gasteiger partial charge in [0.05, 0.1) is 0 Å². The first kappa shape index (κ1) is 15.2. The summed E-state index contributed by atoms with van der Waals surface area (Å²) < 4.78 is 0. The monoisotopic (exact) mass is 312 g/mol. The highest BCUT2D eigenvalue weighted by atomic mass is 16.2. The molecule has 1 amide bonds. The Hall–Kier alpha value is -1.35. The highest BCUT2D eigenvalue weighted by Crippen LogP contribution is 2.35. The van der Waals surface area contributed by atoms with Gasteiger partial charge in [0.2, 0.25) is 5.91 Å². The number of hydrogen-bond acceptors (Lipinski definition) is 2. The summed E-state index contributed by atoms with van der Waals surface area (Å²) >= 11 is 0. The summed E-state index contributed by atoms with van der Waals surface area (Å²) in [5, 5.41) is 3.68. The van der Waals surface area contributed by atoms with Crippen LogP contribution in [0.2, 0.25) is 0 Å². The lowest BCUT2D eigenvalue weighted by Crippen LogP contribution is -2.40. The molecule has 0 spiro atoms. The standard InChI is InChI=1S/C20H28N2O/c1-14-2-4-15(5-3-14)13-22(19-8-9-19)20(23)12-16-10-17-6-7-18(11-16)21-17/h2-5,16-19,21H,6-13H2,1H3. The van der Waals surface area contributed by atoms with E-state index >= 15 is 0 Å². The second-order valence-corrected chi connectivity index (χ2v) is 7.92. The number of nitrogens with zero attached hydrogens (tertiary/aromatic N) is 1. The summed E-state index contributed by atoms with van der Waals surface area (Å²) in [5.74, 6) is 0.986. The maximum absolute atomic E-state index is 12.9. The van der Waals surface area contributed by atoms with E-state index in [2.05, 4.69) is 41.4 Å². The lowest BCUT2D eigenvalue weighted by molar-refractivity contribution is -0.133. The smallest absolute Gasteiger partial charge is 0.223 e. The molecule has 1 aromatic rings. The molecule has 3 nitrogen and oxygen atoms in total. The van der Waals surface area contributed by atoms with Gasteiger partial charge in [0.15, 0.2) is 0 Å². The topological polar surface area (TPSA) is 32.3 Å². The van der Waals surface area contributed by atoms with Gasteiger partial charge in [-0.25, -0.2) is 0 Å². The van der Waals surface area contributed by atoms with Gasteiger partial charge in [0.1, 0.15) is 0 Å². The molecule has 2 unspecified atom stereocenters. The lowest BCUT2D eigenvalue weighted by atomic mass is 9.89. The fourth-order valence-electron chi connectivity index (χ4n) is 4.40. The summed E-state index contributed by atoms with van der Waals surface area (Å²) in [6.45, 7) is 2.90. The van der Waals surface area contributed by atoms with Crippen LogP contribution in [-0.2, 0) is 11.3 Å². The number of nitrogens with one attached hydrogen (secondary N) is 1. The molecule has 2 heterocycles. The van der Waals surface area contributed by atoms with Gasteiger partial charge in [-0.3, -0.25) is 4.79 Å². The molecule has 3 fully saturated rings. The Morgan fingerprint density at radius 2 is 1.74 bits per heavy atom. The van der Waals surface area contributed by atoms with Crippen LogP contribution in [0, 0.1) is 12.8 Å². The number of piperidine rings is 1. The van der Waals surface area contributed by atoms with Crippen molar-refractivity contribution < 1.29 is 4.79 Å². The SMILES string of the molecule is Cc1ccc(CN(C(=O)CC2CC3CCC(C2)N3)C2CC2)cc1. The molecule has 2 atom stereocenters. The molecule has 23 heavy (non-hydrogen) atoms. The number of aryl methyl sites for hydroxylation is 1. The van der Waals surface area contributed by atoms with Crippen LogP contribution in [-0.4, -0.2) is 28.9 Å². The molecular weight excluding hydrogens is 284 g/mol. The Balaban J connectivity index is 1.38. The van der Waals surface area contributed by atoms with Crippen molar-refractivity contribution in [2.24, 2.45) is 5.92 Å². The zero-order chi connectivity index (χ0) is 15.8. The fourth-order valence-corrected chi connectivity index (χ4v) is 4.40. The quantitative estimate of drug-likeness (QED) is 0.903. The molecule has 3 aliphatic rings. The molecule has 1 aromatic carbocycles. The van der Waals surface area contributed by atoms with Crippen molar-refractivity contribution in [3.63, 3.8) is 0 Å². The van der Waals surface area contributed by atoms with Crippen molar-refractivity contribution >= 4 is 5.91 Å². The Morgan fingerprint density at radius 3 is 2.35 bits per heavy atom. The Morgan fingerprint density at radius 1 is 1.09 bits per heavy atom. The van der Waals surface area contributed by atoms with E-state index in [0.717, 1.165) is 13.0 Å². The molecule has 1 aliphatic carbocycles. The van der Waals surface area contributed by atoms with E-state index in [-0.39, 0.29) is 0 Å².